The first-order valence-electron chi connectivity index (χ1n) is 11.6. The smallest absolute Gasteiger partial charge is 0.128 e. The Morgan fingerprint density at radius 2 is 1.81 bits per heavy atom. The summed E-state index contributed by atoms with van der Waals surface area (Å²) < 4.78 is 19.6. The van der Waals surface area contributed by atoms with Crippen LogP contribution in [0.3, 0.4) is 0 Å². The van der Waals surface area contributed by atoms with Crippen LogP contribution in [0.15, 0.2) is 62.1 Å². The molecule has 5 heterocycles. The normalized spacial score (nSPS) is 17.0. The SMILES string of the molecule is C=C.CS(=O)N1CC2(CN(c3ccc(-c4n[nH]c5ccc(OCc6c(Cl)cncc6Cl)cc45)cn3)C2)C1. The van der Waals surface area contributed by atoms with Gasteiger partial charge in [-0.15, -0.1) is 13.2 Å². The van der Waals surface area contributed by atoms with Crippen molar-refractivity contribution in [1.29, 1.82) is 0 Å². The van der Waals surface area contributed by atoms with E-state index in [0.717, 1.165) is 54.2 Å². The highest BCUT2D eigenvalue weighted by Crippen LogP contribution is 2.42. The molecule has 1 spiro atoms. The van der Waals surface area contributed by atoms with Crippen molar-refractivity contribution < 1.29 is 8.95 Å². The molecule has 192 valence electrons. The predicted molar refractivity (Wildman–Crippen MR) is 149 cm³/mol. The number of hydrogen-bond acceptors (Lipinski definition) is 6. The number of rotatable bonds is 6. The quantitative estimate of drug-likeness (QED) is 0.331. The number of H-pyrrole nitrogens is 1. The minimum Gasteiger partial charge on any atom is -0.489 e. The monoisotopic (exact) mass is 556 g/mol. The number of aromatic amines is 1. The maximum Gasteiger partial charge on any atom is 0.128 e. The van der Waals surface area contributed by atoms with Gasteiger partial charge in [0.2, 0.25) is 0 Å². The van der Waals surface area contributed by atoms with Crippen LogP contribution in [0.4, 0.5) is 5.82 Å². The topological polar surface area (TPSA) is 87.2 Å². The number of benzene rings is 1. The third kappa shape index (κ3) is 4.96. The zero-order valence-electron chi connectivity index (χ0n) is 20.3. The van der Waals surface area contributed by atoms with E-state index in [1.807, 2.05) is 40.8 Å². The molecule has 0 bridgehead atoms. The van der Waals surface area contributed by atoms with Crippen LogP contribution < -0.4 is 9.64 Å². The van der Waals surface area contributed by atoms with E-state index in [1.54, 1.807) is 18.6 Å². The van der Waals surface area contributed by atoms with E-state index in [1.165, 1.54) is 0 Å². The molecule has 3 aromatic heterocycles. The minimum absolute atomic E-state index is 0.235. The summed E-state index contributed by atoms with van der Waals surface area (Å²) in [5.74, 6) is 1.63. The fraction of sp³-hybridized carbons (Fsp3) is 0.269. The molecule has 2 aliphatic rings. The number of hydrogen-bond donors (Lipinski definition) is 1. The van der Waals surface area contributed by atoms with Crippen LogP contribution in [-0.4, -0.2) is 61.1 Å². The Labute approximate surface area is 227 Å². The Balaban J connectivity index is 0.00000137. The third-order valence-corrected chi connectivity index (χ3v) is 8.29. The summed E-state index contributed by atoms with van der Waals surface area (Å²) in [6.07, 6.45) is 6.70. The van der Waals surface area contributed by atoms with Crippen molar-refractivity contribution in [2.75, 3.05) is 37.3 Å². The molecular weight excluding hydrogens is 531 g/mol. The lowest BCUT2D eigenvalue weighted by molar-refractivity contribution is 0.0434. The summed E-state index contributed by atoms with van der Waals surface area (Å²) in [5.41, 5.74) is 3.60. The molecule has 1 atom stereocenters. The van der Waals surface area contributed by atoms with E-state index in [-0.39, 0.29) is 12.0 Å². The molecule has 2 saturated heterocycles. The number of halogens is 2. The predicted octanol–water partition coefficient (Wildman–Crippen LogP) is 5.12. The Morgan fingerprint density at radius 3 is 2.46 bits per heavy atom. The van der Waals surface area contributed by atoms with Crippen LogP contribution in [0.25, 0.3) is 22.2 Å². The molecule has 0 radical (unpaired) electrons. The van der Waals surface area contributed by atoms with Gasteiger partial charge < -0.3 is 9.64 Å². The highest BCUT2D eigenvalue weighted by atomic mass is 35.5. The second kappa shape index (κ2) is 10.4. The maximum absolute atomic E-state index is 11.6. The summed E-state index contributed by atoms with van der Waals surface area (Å²) in [6, 6.07) is 9.84. The lowest BCUT2D eigenvalue weighted by Crippen LogP contribution is -2.72. The van der Waals surface area contributed by atoms with E-state index >= 15 is 0 Å². The number of aromatic nitrogens is 4. The zero-order chi connectivity index (χ0) is 26.2. The molecule has 37 heavy (non-hydrogen) atoms. The van der Waals surface area contributed by atoms with Crippen LogP contribution in [0.5, 0.6) is 5.75 Å². The van der Waals surface area contributed by atoms with Crippen LogP contribution in [0.1, 0.15) is 5.56 Å². The van der Waals surface area contributed by atoms with Gasteiger partial charge in [-0.25, -0.2) is 13.5 Å². The van der Waals surface area contributed by atoms with E-state index < -0.39 is 11.0 Å². The van der Waals surface area contributed by atoms with Gasteiger partial charge in [-0.2, -0.15) is 5.10 Å². The highest BCUT2D eigenvalue weighted by Gasteiger charge is 2.53. The number of anilines is 1. The van der Waals surface area contributed by atoms with E-state index in [9.17, 15) is 4.21 Å². The van der Waals surface area contributed by atoms with Crippen molar-refractivity contribution in [3.05, 3.63) is 77.7 Å². The van der Waals surface area contributed by atoms with Gasteiger partial charge in [0.05, 0.1) is 26.5 Å². The second-order valence-electron chi connectivity index (χ2n) is 9.13. The van der Waals surface area contributed by atoms with Crippen molar-refractivity contribution in [2.24, 2.45) is 5.41 Å². The van der Waals surface area contributed by atoms with Crippen molar-refractivity contribution in [1.82, 2.24) is 24.5 Å². The molecule has 0 saturated carbocycles. The number of pyridine rings is 2. The molecule has 2 aliphatic heterocycles. The Kier molecular flexibility index (Phi) is 7.22. The fourth-order valence-corrected chi connectivity index (χ4v) is 6.14. The van der Waals surface area contributed by atoms with Gasteiger partial charge in [0.25, 0.3) is 0 Å². The summed E-state index contributed by atoms with van der Waals surface area (Å²) >= 11 is 12.4. The van der Waals surface area contributed by atoms with Crippen LogP contribution in [0, 0.1) is 5.41 Å². The molecule has 6 rings (SSSR count). The molecule has 0 amide bonds. The van der Waals surface area contributed by atoms with Crippen molar-refractivity contribution in [3.63, 3.8) is 0 Å². The molecule has 2 fully saturated rings. The number of nitrogens with one attached hydrogen (secondary N) is 1. The molecule has 1 aromatic carbocycles. The summed E-state index contributed by atoms with van der Waals surface area (Å²) in [5, 5.41) is 9.47. The molecule has 11 heteroatoms. The van der Waals surface area contributed by atoms with Gasteiger partial charge in [0.15, 0.2) is 0 Å². The van der Waals surface area contributed by atoms with Crippen LogP contribution in [-0.2, 0) is 17.6 Å². The van der Waals surface area contributed by atoms with Crippen molar-refractivity contribution in [2.45, 2.75) is 6.61 Å². The number of nitrogens with zero attached hydrogens (tertiary/aromatic N) is 5. The first kappa shape index (κ1) is 25.7. The largest absolute Gasteiger partial charge is 0.489 e. The maximum atomic E-state index is 11.6. The Morgan fingerprint density at radius 1 is 1.08 bits per heavy atom. The van der Waals surface area contributed by atoms with Crippen LogP contribution >= 0.6 is 23.2 Å². The third-order valence-electron chi connectivity index (χ3n) is 6.65. The highest BCUT2D eigenvalue weighted by molar-refractivity contribution is 7.81. The lowest BCUT2D eigenvalue weighted by Gasteiger charge is -2.59. The van der Waals surface area contributed by atoms with Gasteiger partial charge in [0.1, 0.15) is 23.9 Å². The van der Waals surface area contributed by atoms with Gasteiger partial charge in [-0.3, -0.25) is 10.1 Å². The Hall–Kier alpha value is -2.98. The number of fused-ring (bicyclic) bond motifs is 1. The van der Waals surface area contributed by atoms with E-state index in [2.05, 4.69) is 33.2 Å². The second-order valence-corrected chi connectivity index (χ2v) is 11.3. The molecule has 8 nitrogen and oxygen atoms in total. The standard InChI is InChI=1S/C24H22Cl2N6O2S.C2H4/c1-35(33)32-13-24(14-32)11-31(12-24)22-5-2-15(7-28-22)23-17-6-16(3-4-21(17)29-30-23)34-10-18-19(25)8-27-9-20(18)26;1-2/h2-9H,10-14H2,1H3,(H,29,30);1-2H2. The van der Waals surface area contributed by atoms with Gasteiger partial charge >= 0.3 is 0 Å². The zero-order valence-corrected chi connectivity index (χ0v) is 22.6. The fourth-order valence-electron chi connectivity index (χ4n) is 4.76. The van der Waals surface area contributed by atoms with E-state index in [4.69, 9.17) is 32.9 Å². The van der Waals surface area contributed by atoms with Gasteiger partial charge in [0, 0.05) is 73.0 Å². The average Bonchev–Trinajstić information content (AvgIpc) is 3.27. The summed E-state index contributed by atoms with van der Waals surface area (Å²) in [7, 11) is -0.875. The lowest BCUT2D eigenvalue weighted by atomic mass is 9.74. The molecule has 1 unspecified atom stereocenters. The minimum atomic E-state index is -0.875. The first-order chi connectivity index (χ1) is 17.9. The van der Waals surface area contributed by atoms with Gasteiger partial charge in [-0.1, -0.05) is 23.2 Å². The van der Waals surface area contributed by atoms with Crippen molar-refractivity contribution >= 4 is 50.9 Å². The molecule has 0 aliphatic carbocycles. The molecular formula is C26H26Cl2N6O2S. The van der Waals surface area contributed by atoms with E-state index in [0.29, 0.717) is 21.4 Å². The molecule has 1 N–H and O–H groups in total. The molecule has 4 aromatic rings. The first-order valence-corrected chi connectivity index (χ1v) is 13.9. The van der Waals surface area contributed by atoms with Gasteiger partial charge in [-0.05, 0) is 30.3 Å². The Bertz CT molecular complexity index is 1430. The summed E-state index contributed by atoms with van der Waals surface area (Å²) in [6.45, 7) is 9.93. The summed E-state index contributed by atoms with van der Waals surface area (Å²) in [4.78, 5) is 10.9. The number of ether oxygens (including phenoxy) is 1. The van der Waals surface area contributed by atoms with Crippen LogP contribution in [0.2, 0.25) is 10.0 Å². The average molecular weight is 558 g/mol. The van der Waals surface area contributed by atoms with Crippen molar-refractivity contribution in [3.8, 4) is 17.0 Å².